The summed E-state index contributed by atoms with van der Waals surface area (Å²) in [5.74, 6) is -2.56. The number of thiazole rings is 1. The SMILES string of the molecule is CC(=O)OC[C@H]1OC(Sc2nc3ccccc3s2)[C@H](OC(C)=O)[C@@H](OC(C)=O)[C@H]1OC(C)=O. The standard InChI is InChI=1S/C21H23NO9S2/c1-10(23)27-9-15-17(28-11(2)24)18(29-12(3)25)19(30-13(4)26)20(31-15)33-21-22-14-7-5-6-8-16(14)32-21/h5-8,15,17-20H,9H2,1-4H3/t15-,17+,18+,19-,20?/m1/s1. The van der Waals surface area contributed by atoms with Gasteiger partial charge in [0, 0.05) is 27.7 Å². The van der Waals surface area contributed by atoms with Crippen molar-refractivity contribution >= 4 is 57.2 Å². The Kier molecular flexibility index (Phi) is 8.27. The average Bonchev–Trinajstić information content (AvgIpc) is 3.12. The summed E-state index contributed by atoms with van der Waals surface area (Å²) in [6, 6.07) is 7.54. The lowest BCUT2D eigenvalue weighted by Gasteiger charge is -2.43. The first-order valence-corrected chi connectivity index (χ1v) is 11.7. The topological polar surface area (TPSA) is 127 Å². The minimum absolute atomic E-state index is 0.269. The number of fused-ring (bicyclic) bond motifs is 1. The smallest absolute Gasteiger partial charge is 0.303 e. The lowest BCUT2D eigenvalue weighted by molar-refractivity contribution is -0.237. The Morgan fingerprint density at radius 2 is 1.52 bits per heavy atom. The van der Waals surface area contributed by atoms with E-state index in [4.69, 9.17) is 23.7 Å². The van der Waals surface area contributed by atoms with Gasteiger partial charge in [-0.1, -0.05) is 23.9 Å². The normalized spacial score (nSPS) is 24.7. The molecule has 178 valence electrons. The summed E-state index contributed by atoms with van der Waals surface area (Å²) in [6.45, 7) is 4.52. The highest BCUT2D eigenvalue weighted by Crippen LogP contribution is 2.40. The summed E-state index contributed by atoms with van der Waals surface area (Å²) in [7, 11) is 0. The number of aromatic nitrogens is 1. The molecule has 1 aliphatic rings. The van der Waals surface area contributed by atoms with Crippen molar-refractivity contribution in [3.8, 4) is 0 Å². The van der Waals surface area contributed by atoms with Crippen LogP contribution in [0.5, 0.6) is 0 Å². The fourth-order valence-electron chi connectivity index (χ4n) is 3.28. The third-order valence-electron chi connectivity index (χ3n) is 4.44. The molecule has 0 amide bonds. The summed E-state index contributed by atoms with van der Waals surface area (Å²) in [5.41, 5.74) is -0.109. The molecule has 10 nitrogen and oxygen atoms in total. The number of hydrogen-bond acceptors (Lipinski definition) is 12. The van der Waals surface area contributed by atoms with Crippen molar-refractivity contribution in [3.63, 3.8) is 0 Å². The molecular formula is C21H23NO9S2. The van der Waals surface area contributed by atoms with E-state index in [0.717, 1.165) is 10.2 Å². The molecule has 0 aliphatic carbocycles. The molecule has 12 heteroatoms. The molecule has 1 fully saturated rings. The van der Waals surface area contributed by atoms with Gasteiger partial charge in [-0.3, -0.25) is 19.2 Å². The van der Waals surface area contributed by atoms with Gasteiger partial charge in [0.2, 0.25) is 0 Å². The predicted octanol–water partition coefficient (Wildman–Crippen LogP) is 2.47. The molecule has 0 spiro atoms. The number of carbonyl (C=O) groups excluding carboxylic acids is 4. The van der Waals surface area contributed by atoms with Crippen LogP contribution < -0.4 is 0 Å². The Bertz CT molecular complexity index is 1010. The first-order valence-electron chi connectivity index (χ1n) is 9.96. The summed E-state index contributed by atoms with van der Waals surface area (Å²) < 4.78 is 29.0. The zero-order valence-corrected chi connectivity index (χ0v) is 20.0. The quantitative estimate of drug-likeness (QED) is 0.413. The van der Waals surface area contributed by atoms with Crippen molar-refractivity contribution in [2.24, 2.45) is 0 Å². The van der Waals surface area contributed by atoms with Gasteiger partial charge in [-0.25, -0.2) is 4.98 Å². The van der Waals surface area contributed by atoms with Crippen LogP contribution in [0.4, 0.5) is 0 Å². The van der Waals surface area contributed by atoms with Gasteiger partial charge in [-0.15, -0.1) is 11.3 Å². The minimum atomic E-state index is -1.20. The maximum Gasteiger partial charge on any atom is 0.303 e. The molecule has 1 aliphatic heterocycles. The molecule has 1 aromatic carbocycles. The zero-order chi connectivity index (χ0) is 24.1. The summed E-state index contributed by atoms with van der Waals surface area (Å²) in [6.07, 6.45) is -4.49. The fraction of sp³-hybridized carbons (Fsp3) is 0.476. The van der Waals surface area contributed by atoms with Crippen LogP contribution >= 0.6 is 23.1 Å². The number of carbonyl (C=O) groups is 4. The Labute approximate surface area is 197 Å². The maximum atomic E-state index is 11.9. The fourth-order valence-corrected chi connectivity index (χ4v) is 5.62. The van der Waals surface area contributed by atoms with Crippen molar-refractivity contribution < 1.29 is 42.9 Å². The molecule has 2 aromatic rings. The molecule has 1 saturated heterocycles. The summed E-state index contributed by atoms with van der Waals surface area (Å²) >= 11 is 2.58. The molecule has 2 heterocycles. The van der Waals surface area contributed by atoms with E-state index in [1.165, 1.54) is 50.8 Å². The number of nitrogens with zero attached hydrogens (tertiary/aromatic N) is 1. The Balaban J connectivity index is 1.98. The minimum Gasteiger partial charge on any atom is -0.463 e. The molecule has 3 rings (SSSR count). The molecule has 0 radical (unpaired) electrons. The van der Waals surface area contributed by atoms with E-state index < -0.39 is 53.7 Å². The number of ether oxygens (including phenoxy) is 5. The summed E-state index contributed by atoms with van der Waals surface area (Å²) in [5, 5.41) is 0. The largest absolute Gasteiger partial charge is 0.463 e. The lowest BCUT2D eigenvalue weighted by Crippen LogP contribution is -2.61. The van der Waals surface area contributed by atoms with Crippen molar-refractivity contribution in [2.45, 2.75) is 61.9 Å². The van der Waals surface area contributed by atoms with Gasteiger partial charge in [0.05, 0.1) is 10.2 Å². The van der Waals surface area contributed by atoms with Gasteiger partial charge in [0.25, 0.3) is 0 Å². The van der Waals surface area contributed by atoms with Crippen LogP contribution in [0.25, 0.3) is 10.2 Å². The number of rotatable bonds is 7. The maximum absolute atomic E-state index is 11.9. The molecule has 5 atom stereocenters. The summed E-state index contributed by atoms with van der Waals surface area (Å²) in [4.78, 5) is 51.5. The van der Waals surface area contributed by atoms with Crippen molar-refractivity contribution in [1.29, 1.82) is 0 Å². The number of esters is 4. The molecular weight excluding hydrogens is 474 g/mol. The molecule has 1 aromatic heterocycles. The van der Waals surface area contributed by atoms with Gasteiger partial charge in [0.15, 0.2) is 28.1 Å². The van der Waals surface area contributed by atoms with Gasteiger partial charge in [0.1, 0.15) is 12.7 Å². The molecule has 0 bridgehead atoms. The molecule has 33 heavy (non-hydrogen) atoms. The Hall–Kier alpha value is -2.70. The number of para-hydroxylation sites is 1. The lowest BCUT2D eigenvalue weighted by atomic mass is 9.99. The predicted molar refractivity (Wildman–Crippen MR) is 117 cm³/mol. The van der Waals surface area contributed by atoms with E-state index in [1.807, 2.05) is 24.3 Å². The second kappa shape index (κ2) is 10.9. The first-order chi connectivity index (χ1) is 15.6. The Morgan fingerprint density at radius 3 is 2.12 bits per heavy atom. The third kappa shape index (κ3) is 6.65. The number of thioether (sulfide) groups is 1. The Morgan fingerprint density at radius 1 is 0.909 bits per heavy atom. The van der Waals surface area contributed by atoms with Crippen molar-refractivity contribution in [1.82, 2.24) is 4.98 Å². The first kappa shape index (κ1) is 24.9. The van der Waals surface area contributed by atoms with E-state index in [1.54, 1.807) is 0 Å². The van der Waals surface area contributed by atoms with E-state index in [9.17, 15) is 19.2 Å². The van der Waals surface area contributed by atoms with Crippen LogP contribution in [0.2, 0.25) is 0 Å². The van der Waals surface area contributed by atoms with E-state index in [2.05, 4.69) is 4.98 Å². The van der Waals surface area contributed by atoms with Crippen LogP contribution in [-0.2, 0) is 42.9 Å². The van der Waals surface area contributed by atoms with Crippen LogP contribution in [-0.4, -0.2) is 65.3 Å². The average molecular weight is 498 g/mol. The van der Waals surface area contributed by atoms with Gasteiger partial charge < -0.3 is 23.7 Å². The number of hydrogen-bond donors (Lipinski definition) is 0. The van der Waals surface area contributed by atoms with Crippen LogP contribution in [0.3, 0.4) is 0 Å². The van der Waals surface area contributed by atoms with Gasteiger partial charge >= 0.3 is 23.9 Å². The molecule has 1 unspecified atom stereocenters. The zero-order valence-electron chi connectivity index (χ0n) is 18.3. The molecule has 0 N–H and O–H groups in total. The number of benzene rings is 1. The molecule has 0 saturated carbocycles. The second-order valence-electron chi connectivity index (χ2n) is 7.13. The van der Waals surface area contributed by atoms with Gasteiger partial charge in [-0.2, -0.15) is 0 Å². The van der Waals surface area contributed by atoms with Crippen LogP contribution in [0.1, 0.15) is 27.7 Å². The van der Waals surface area contributed by atoms with E-state index in [0.29, 0.717) is 4.34 Å². The highest BCUT2D eigenvalue weighted by atomic mass is 32.2. The van der Waals surface area contributed by atoms with Crippen molar-refractivity contribution in [3.05, 3.63) is 24.3 Å². The second-order valence-corrected chi connectivity index (χ2v) is 9.51. The van der Waals surface area contributed by atoms with Gasteiger partial charge in [-0.05, 0) is 12.1 Å². The van der Waals surface area contributed by atoms with E-state index >= 15 is 0 Å². The van der Waals surface area contributed by atoms with Crippen molar-refractivity contribution in [2.75, 3.05) is 6.61 Å². The van der Waals surface area contributed by atoms with E-state index in [-0.39, 0.29) is 6.61 Å². The third-order valence-corrected chi connectivity index (χ3v) is 6.71. The highest BCUT2D eigenvalue weighted by molar-refractivity contribution is 8.01. The monoisotopic (exact) mass is 497 g/mol. The van der Waals surface area contributed by atoms with Crippen LogP contribution in [0, 0.1) is 0 Å². The highest BCUT2D eigenvalue weighted by Gasteiger charge is 2.52. The van der Waals surface area contributed by atoms with Crippen LogP contribution in [0.15, 0.2) is 28.6 Å².